The van der Waals surface area contributed by atoms with Crippen molar-refractivity contribution in [1.29, 1.82) is 0 Å². The Morgan fingerprint density at radius 2 is 1.94 bits per heavy atom. The van der Waals surface area contributed by atoms with Gasteiger partial charge in [-0.1, -0.05) is 41.9 Å². The second-order valence-corrected chi connectivity index (χ2v) is 7.23. The summed E-state index contributed by atoms with van der Waals surface area (Å²) in [6.45, 7) is -1.74. The van der Waals surface area contributed by atoms with Crippen molar-refractivity contribution < 1.29 is 31.5 Å². The second kappa shape index (κ2) is 10.1. The van der Waals surface area contributed by atoms with E-state index in [9.17, 15) is 26.7 Å². The minimum atomic E-state index is -4.26. The highest BCUT2D eigenvalue weighted by Crippen LogP contribution is 2.24. The van der Waals surface area contributed by atoms with Gasteiger partial charge in [0.1, 0.15) is 17.4 Å². The Balaban J connectivity index is 1.63. The van der Waals surface area contributed by atoms with Crippen LogP contribution < -0.4 is 5.32 Å². The largest absolute Gasteiger partial charge is 0.370 e. The van der Waals surface area contributed by atoms with Gasteiger partial charge in [-0.2, -0.15) is 13.9 Å². The first-order valence-electron chi connectivity index (χ1n) is 9.26. The van der Waals surface area contributed by atoms with Gasteiger partial charge in [0.15, 0.2) is 5.82 Å². The van der Waals surface area contributed by atoms with E-state index in [0.29, 0.717) is 11.1 Å². The smallest absolute Gasteiger partial charge is 0.330 e. The van der Waals surface area contributed by atoms with Gasteiger partial charge in [-0.3, -0.25) is 9.48 Å². The number of ether oxygens (including phenoxy) is 1. The second-order valence-electron chi connectivity index (χ2n) is 6.82. The van der Waals surface area contributed by atoms with Crippen molar-refractivity contribution in [3.63, 3.8) is 0 Å². The molecule has 0 aliphatic heterocycles. The number of benzene rings is 2. The molecular weight excluding hydrogens is 457 g/mol. The van der Waals surface area contributed by atoms with Crippen LogP contribution >= 0.6 is 11.6 Å². The lowest BCUT2D eigenvalue weighted by atomic mass is 10.1. The maximum atomic E-state index is 13.8. The summed E-state index contributed by atoms with van der Waals surface area (Å²) in [6, 6.07) is 11.9. The molecule has 0 atom stereocenters. The highest BCUT2D eigenvalue weighted by Gasteiger charge is 2.40. The Hall–Kier alpha value is -2.98. The zero-order chi connectivity index (χ0) is 23.3. The van der Waals surface area contributed by atoms with Crippen LogP contribution in [0.25, 0.3) is 0 Å². The third kappa shape index (κ3) is 6.04. The third-order valence-corrected chi connectivity index (χ3v) is 4.59. The number of rotatable bonds is 9. The van der Waals surface area contributed by atoms with Crippen LogP contribution in [0.3, 0.4) is 0 Å². The van der Waals surface area contributed by atoms with Crippen LogP contribution in [0.2, 0.25) is 5.02 Å². The van der Waals surface area contributed by atoms with Gasteiger partial charge < -0.3 is 10.1 Å². The molecule has 3 rings (SSSR count). The molecule has 11 heteroatoms. The molecule has 2 aromatic carbocycles. The summed E-state index contributed by atoms with van der Waals surface area (Å²) >= 11 is 6.11. The van der Waals surface area contributed by atoms with E-state index >= 15 is 0 Å². The van der Waals surface area contributed by atoms with Crippen molar-refractivity contribution >= 4 is 23.3 Å². The van der Waals surface area contributed by atoms with Crippen LogP contribution in [0.15, 0.2) is 54.7 Å². The molecule has 0 spiro atoms. The van der Waals surface area contributed by atoms with E-state index in [1.807, 2.05) is 0 Å². The predicted molar refractivity (Wildman–Crippen MR) is 108 cm³/mol. The number of hydrogen-bond acceptors (Lipinski definition) is 3. The van der Waals surface area contributed by atoms with Gasteiger partial charge in [0.25, 0.3) is 5.91 Å². The molecule has 1 N–H and O–H groups in total. The first-order chi connectivity index (χ1) is 15.2. The SMILES string of the molecule is O=C(Nc1nn(Cc2ccccc2F)cc1Cl)c1cccc(COCC(F)(F)C(F)F)c1. The molecule has 0 aliphatic carbocycles. The number of hydrogen-bond donors (Lipinski definition) is 1. The Labute approximate surface area is 184 Å². The van der Waals surface area contributed by atoms with Crippen molar-refractivity contribution in [2.75, 3.05) is 11.9 Å². The first kappa shape index (κ1) is 23.7. The molecule has 170 valence electrons. The Morgan fingerprint density at radius 1 is 1.19 bits per heavy atom. The van der Waals surface area contributed by atoms with Crippen LogP contribution in [-0.2, 0) is 17.9 Å². The van der Waals surface area contributed by atoms with Crippen molar-refractivity contribution in [3.05, 3.63) is 82.3 Å². The zero-order valence-electron chi connectivity index (χ0n) is 16.4. The highest BCUT2D eigenvalue weighted by atomic mass is 35.5. The molecule has 1 aromatic heterocycles. The molecule has 0 radical (unpaired) electrons. The molecule has 5 nitrogen and oxygen atoms in total. The van der Waals surface area contributed by atoms with Crippen molar-refractivity contribution in [2.24, 2.45) is 0 Å². The fraction of sp³-hybridized carbons (Fsp3) is 0.238. The third-order valence-electron chi connectivity index (χ3n) is 4.31. The molecule has 1 amide bonds. The summed E-state index contributed by atoms with van der Waals surface area (Å²) in [4.78, 5) is 12.5. The van der Waals surface area contributed by atoms with Crippen molar-refractivity contribution in [3.8, 4) is 0 Å². The van der Waals surface area contributed by atoms with Gasteiger partial charge in [-0.25, -0.2) is 13.2 Å². The summed E-state index contributed by atoms with van der Waals surface area (Å²) in [5, 5.41) is 6.78. The fourth-order valence-corrected chi connectivity index (χ4v) is 2.91. The van der Waals surface area contributed by atoms with E-state index in [1.165, 1.54) is 41.2 Å². The minimum absolute atomic E-state index is 0.0474. The van der Waals surface area contributed by atoms with Crippen LogP contribution in [0.1, 0.15) is 21.5 Å². The van der Waals surface area contributed by atoms with E-state index in [-0.39, 0.29) is 29.6 Å². The fourth-order valence-electron chi connectivity index (χ4n) is 2.71. The quantitative estimate of drug-likeness (QED) is 0.424. The van der Waals surface area contributed by atoms with E-state index < -0.39 is 30.7 Å². The molecule has 32 heavy (non-hydrogen) atoms. The number of halogens is 6. The summed E-state index contributed by atoms with van der Waals surface area (Å²) in [6.07, 6.45) is -2.40. The number of anilines is 1. The lowest BCUT2D eigenvalue weighted by molar-refractivity contribution is -0.168. The molecule has 0 aliphatic rings. The molecule has 0 unspecified atom stereocenters. The van der Waals surface area contributed by atoms with E-state index in [4.69, 9.17) is 11.6 Å². The molecule has 0 saturated carbocycles. The molecule has 0 bridgehead atoms. The number of aromatic nitrogens is 2. The molecule has 1 heterocycles. The molecule has 3 aromatic rings. The Bertz CT molecular complexity index is 1090. The highest BCUT2D eigenvalue weighted by molar-refractivity contribution is 6.33. The number of amides is 1. The topological polar surface area (TPSA) is 56.2 Å². The monoisotopic (exact) mass is 473 g/mol. The van der Waals surface area contributed by atoms with Gasteiger partial charge in [-0.15, -0.1) is 0 Å². The van der Waals surface area contributed by atoms with Crippen LogP contribution in [-0.4, -0.2) is 34.6 Å². The van der Waals surface area contributed by atoms with Gasteiger partial charge in [-0.05, 0) is 23.8 Å². The van der Waals surface area contributed by atoms with Crippen LogP contribution in [0.4, 0.5) is 27.8 Å². The first-order valence-corrected chi connectivity index (χ1v) is 9.64. The van der Waals surface area contributed by atoms with E-state index in [0.717, 1.165) is 0 Å². The number of nitrogens with one attached hydrogen (secondary N) is 1. The summed E-state index contributed by atoms with van der Waals surface area (Å²) in [5.74, 6) is -5.21. The Kier molecular flexibility index (Phi) is 7.47. The molecule has 0 saturated heterocycles. The lowest BCUT2D eigenvalue weighted by Gasteiger charge is -2.15. The van der Waals surface area contributed by atoms with Gasteiger partial charge in [0.2, 0.25) is 0 Å². The summed E-state index contributed by atoms with van der Waals surface area (Å²) < 4.78 is 70.0. The zero-order valence-corrected chi connectivity index (χ0v) is 17.1. The number of carbonyl (C=O) groups excluding carboxylic acids is 1. The Morgan fingerprint density at radius 3 is 2.66 bits per heavy atom. The molecule has 0 fully saturated rings. The normalized spacial score (nSPS) is 11.7. The van der Waals surface area contributed by atoms with Gasteiger partial charge >= 0.3 is 12.3 Å². The van der Waals surface area contributed by atoms with Gasteiger partial charge in [0.05, 0.1) is 13.2 Å². The van der Waals surface area contributed by atoms with Crippen LogP contribution in [0.5, 0.6) is 0 Å². The molecular formula is C21H17ClF5N3O2. The van der Waals surface area contributed by atoms with E-state index in [2.05, 4.69) is 15.2 Å². The van der Waals surface area contributed by atoms with E-state index in [1.54, 1.807) is 18.2 Å². The van der Waals surface area contributed by atoms with Crippen LogP contribution in [0, 0.1) is 5.82 Å². The number of nitrogens with zero attached hydrogens (tertiary/aromatic N) is 2. The maximum Gasteiger partial charge on any atom is 0.330 e. The lowest BCUT2D eigenvalue weighted by Crippen LogP contribution is -2.32. The number of alkyl halides is 4. The van der Waals surface area contributed by atoms with Crippen molar-refractivity contribution in [1.82, 2.24) is 9.78 Å². The minimum Gasteiger partial charge on any atom is -0.370 e. The standard InChI is InChI=1S/C21H17ClF5N3O2/c22-16-10-30(9-15-5-1-2-7-17(15)23)29-18(16)28-19(31)14-6-3-4-13(8-14)11-32-12-21(26,27)20(24)25/h1-8,10,20H,9,11-12H2,(H,28,29,31). The summed E-state index contributed by atoms with van der Waals surface area (Å²) in [5.41, 5.74) is 0.861. The predicted octanol–water partition coefficient (Wildman–Crippen LogP) is 5.39. The number of carbonyl (C=O) groups is 1. The van der Waals surface area contributed by atoms with Gasteiger partial charge in [0, 0.05) is 17.3 Å². The average molecular weight is 474 g/mol. The average Bonchev–Trinajstić information content (AvgIpc) is 3.08. The maximum absolute atomic E-state index is 13.8. The summed E-state index contributed by atoms with van der Waals surface area (Å²) in [7, 11) is 0. The van der Waals surface area contributed by atoms with Crippen molar-refractivity contribution in [2.45, 2.75) is 25.5 Å².